The molecule has 9 nitrogen and oxygen atoms in total. The van der Waals surface area contributed by atoms with E-state index in [2.05, 4.69) is 15.0 Å². The predicted molar refractivity (Wildman–Crippen MR) is 128 cm³/mol. The fourth-order valence-corrected chi connectivity index (χ4v) is 4.61. The maximum atomic E-state index is 14.6. The second-order valence-electron chi connectivity index (χ2n) is 8.99. The maximum absolute atomic E-state index is 14.6. The van der Waals surface area contributed by atoms with Crippen molar-refractivity contribution in [2.24, 2.45) is 0 Å². The number of nitrogens with zero attached hydrogens (tertiary/aromatic N) is 6. The number of carbonyl (C=O) groups is 1. The van der Waals surface area contributed by atoms with Crippen molar-refractivity contribution >= 4 is 34.5 Å². The third-order valence-electron chi connectivity index (χ3n) is 6.19. The summed E-state index contributed by atoms with van der Waals surface area (Å²) in [6.07, 6.45) is 0.661. The zero-order chi connectivity index (χ0) is 24.9. The molecule has 3 aromatic rings. The van der Waals surface area contributed by atoms with Gasteiger partial charge in [-0.2, -0.15) is 4.98 Å². The van der Waals surface area contributed by atoms with Crippen LogP contribution in [0.15, 0.2) is 23.1 Å². The Morgan fingerprint density at radius 3 is 2.59 bits per heavy atom. The quantitative estimate of drug-likeness (QED) is 0.556. The average Bonchev–Trinajstić information content (AvgIpc) is 2.76. The topological polar surface area (TPSA) is 104 Å². The third kappa shape index (κ3) is 3.96. The van der Waals surface area contributed by atoms with Crippen molar-refractivity contribution in [2.75, 3.05) is 18.0 Å². The molecule has 0 unspecified atom stereocenters. The largest absolute Gasteiger partial charge is 0.465 e. The van der Waals surface area contributed by atoms with Gasteiger partial charge in [-0.3, -0.25) is 4.98 Å². The number of hydrogen-bond donors (Lipinski definition) is 1. The Kier molecular flexibility index (Phi) is 6.20. The number of amides is 1. The number of aryl methyl sites for hydroxylation is 1. The molecule has 3 aromatic heterocycles. The van der Waals surface area contributed by atoms with Gasteiger partial charge < -0.3 is 14.9 Å². The van der Waals surface area contributed by atoms with Gasteiger partial charge in [-0.15, -0.1) is 0 Å². The van der Waals surface area contributed by atoms with Gasteiger partial charge in [0.15, 0.2) is 16.6 Å². The first-order valence-corrected chi connectivity index (χ1v) is 11.4. The van der Waals surface area contributed by atoms with Gasteiger partial charge in [-0.25, -0.2) is 23.5 Å². The highest BCUT2D eigenvalue weighted by Gasteiger charge is 2.34. The Morgan fingerprint density at radius 2 is 1.94 bits per heavy atom. The normalized spacial score (nSPS) is 18.7. The lowest BCUT2D eigenvalue weighted by Crippen LogP contribution is -2.58. The van der Waals surface area contributed by atoms with Gasteiger partial charge in [0.05, 0.1) is 16.8 Å². The lowest BCUT2D eigenvalue weighted by molar-refractivity contribution is 0.114. The van der Waals surface area contributed by atoms with E-state index in [9.17, 15) is 19.1 Å². The Labute approximate surface area is 200 Å². The molecule has 2 atom stereocenters. The van der Waals surface area contributed by atoms with E-state index >= 15 is 0 Å². The van der Waals surface area contributed by atoms with E-state index in [1.165, 1.54) is 15.5 Å². The molecule has 11 heteroatoms. The van der Waals surface area contributed by atoms with Gasteiger partial charge in [0.2, 0.25) is 0 Å². The molecule has 4 rings (SSSR count). The molecule has 0 aliphatic carbocycles. The number of fused-ring (bicyclic) bond motifs is 1. The second-order valence-corrected chi connectivity index (χ2v) is 9.35. The Bertz CT molecular complexity index is 1340. The van der Waals surface area contributed by atoms with Gasteiger partial charge in [0, 0.05) is 31.4 Å². The summed E-state index contributed by atoms with van der Waals surface area (Å²) >= 11 is 6.06. The number of halogens is 2. The van der Waals surface area contributed by atoms with Crippen LogP contribution in [0.5, 0.6) is 0 Å². The van der Waals surface area contributed by atoms with Crippen LogP contribution in [0.3, 0.4) is 0 Å². The van der Waals surface area contributed by atoms with Crippen LogP contribution in [0, 0.1) is 12.7 Å². The Hall–Kier alpha value is -3.27. The van der Waals surface area contributed by atoms with E-state index in [1.807, 2.05) is 32.6 Å². The minimum absolute atomic E-state index is 0.00239. The van der Waals surface area contributed by atoms with Gasteiger partial charge in [0.25, 0.3) is 0 Å². The molecule has 1 aliphatic rings. The smallest absolute Gasteiger partial charge is 0.407 e. The molecule has 1 aliphatic heterocycles. The highest BCUT2D eigenvalue weighted by atomic mass is 35.5. The molecular weight excluding hydrogens is 463 g/mol. The highest BCUT2D eigenvalue weighted by Crippen LogP contribution is 2.32. The summed E-state index contributed by atoms with van der Waals surface area (Å²) in [6, 6.07) is 2.35. The van der Waals surface area contributed by atoms with Gasteiger partial charge in [-0.1, -0.05) is 25.4 Å². The summed E-state index contributed by atoms with van der Waals surface area (Å²) in [5, 5.41) is 9.43. The van der Waals surface area contributed by atoms with Crippen molar-refractivity contribution < 1.29 is 14.3 Å². The highest BCUT2D eigenvalue weighted by molar-refractivity contribution is 6.30. The number of anilines is 1. The number of hydrogen-bond acceptors (Lipinski definition) is 6. The van der Waals surface area contributed by atoms with Crippen LogP contribution in [0.1, 0.15) is 44.9 Å². The molecule has 180 valence electrons. The standard InChI is InChI=1S/C23H26ClFN6O3/c1-11(2)17-18(12(3)6-7-26-17)31-21-15(8-16(25)19(24)27-21)20(28-22(31)32)29-9-14(5)30(23(33)34)10-13(29)4/h6-8,11,13-14H,9-10H2,1-5H3,(H,33,34)/t13-,14+/m0/s1. The SMILES string of the molecule is Cc1ccnc(C(C)C)c1-n1c(=O)nc(N2C[C@@H](C)N(C(=O)O)C[C@@H]2C)c2cc(F)c(Cl)nc21. The van der Waals surface area contributed by atoms with Crippen LogP contribution in [-0.4, -0.2) is 60.8 Å². The maximum Gasteiger partial charge on any atom is 0.407 e. The van der Waals surface area contributed by atoms with Crippen molar-refractivity contribution in [3.63, 3.8) is 0 Å². The first kappa shape index (κ1) is 23.9. The first-order chi connectivity index (χ1) is 16.0. The van der Waals surface area contributed by atoms with E-state index in [0.29, 0.717) is 16.8 Å². The average molecular weight is 489 g/mol. The summed E-state index contributed by atoms with van der Waals surface area (Å²) in [5.41, 5.74) is 1.57. The minimum Gasteiger partial charge on any atom is -0.465 e. The molecular formula is C23H26ClFN6O3. The molecule has 1 amide bonds. The Balaban J connectivity index is 2.01. The van der Waals surface area contributed by atoms with Crippen LogP contribution in [-0.2, 0) is 0 Å². The molecule has 0 bridgehead atoms. The molecule has 1 fully saturated rings. The van der Waals surface area contributed by atoms with E-state index in [0.717, 1.165) is 5.56 Å². The number of pyridine rings is 2. The minimum atomic E-state index is -1.01. The van der Waals surface area contributed by atoms with Gasteiger partial charge in [0.1, 0.15) is 5.82 Å². The van der Waals surface area contributed by atoms with Crippen LogP contribution in [0.2, 0.25) is 5.15 Å². The summed E-state index contributed by atoms with van der Waals surface area (Å²) < 4.78 is 16.0. The summed E-state index contributed by atoms with van der Waals surface area (Å²) in [6.45, 7) is 9.90. The van der Waals surface area contributed by atoms with Crippen molar-refractivity contribution in [3.05, 3.63) is 51.0 Å². The van der Waals surface area contributed by atoms with Crippen LogP contribution < -0.4 is 10.6 Å². The number of carboxylic acid groups (broad SMARTS) is 1. The molecule has 34 heavy (non-hydrogen) atoms. The molecule has 0 saturated carbocycles. The number of rotatable bonds is 3. The molecule has 0 aromatic carbocycles. The fourth-order valence-electron chi connectivity index (χ4n) is 4.48. The first-order valence-electron chi connectivity index (χ1n) is 11.0. The zero-order valence-electron chi connectivity index (χ0n) is 19.6. The zero-order valence-corrected chi connectivity index (χ0v) is 20.3. The van der Waals surface area contributed by atoms with E-state index in [1.54, 1.807) is 19.2 Å². The molecule has 0 spiro atoms. The predicted octanol–water partition coefficient (Wildman–Crippen LogP) is 3.98. The molecule has 0 radical (unpaired) electrons. The lowest BCUT2D eigenvalue weighted by atomic mass is 10.0. The van der Waals surface area contributed by atoms with Crippen LogP contribution >= 0.6 is 11.6 Å². The molecule has 1 saturated heterocycles. The van der Waals surface area contributed by atoms with E-state index < -0.39 is 17.6 Å². The fraction of sp³-hybridized carbons (Fsp3) is 0.435. The van der Waals surface area contributed by atoms with Crippen molar-refractivity contribution in [2.45, 2.75) is 52.6 Å². The van der Waals surface area contributed by atoms with Gasteiger partial charge in [-0.05, 0) is 44.4 Å². The number of aromatic nitrogens is 4. The second kappa shape index (κ2) is 8.83. The summed E-state index contributed by atoms with van der Waals surface area (Å²) in [7, 11) is 0. The third-order valence-corrected chi connectivity index (χ3v) is 6.45. The molecule has 1 N–H and O–H groups in total. The van der Waals surface area contributed by atoms with E-state index in [-0.39, 0.29) is 47.7 Å². The number of piperazine rings is 1. The van der Waals surface area contributed by atoms with Crippen LogP contribution in [0.25, 0.3) is 16.7 Å². The monoisotopic (exact) mass is 488 g/mol. The van der Waals surface area contributed by atoms with Gasteiger partial charge >= 0.3 is 11.8 Å². The molecule has 4 heterocycles. The van der Waals surface area contributed by atoms with E-state index in [4.69, 9.17) is 11.6 Å². The summed E-state index contributed by atoms with van der Waals surface area (Å²) in [4.78, 5) is 41.3. The van der Waals surface area contributed by atoms with Crippen LogP contribution in [0.4, 0.5) is 15.0 Å². The van der Waals surface area contributed by atoms with Crippen molar-refractivity contribution in [3.8, 4) is 5.69 Å². The summed E-state index contributed by atoms with van der Waals surface area (Å²) in [5.74, 6) is -0.493. The Morgan fingerprint density at radius 1 is 1.24 bits per heavy atom. The van der Waals surface area contributed by atoms with Crippen molar-refractivity contribution in [1.82, 2.24) is 24.4 Å². The lowest BCUT2D eigenvalue weighted by Gasteiger charge is -2.43. The van der Waals surface area contributed by atoms with Crippen molar-refractivity contribution in [1.29, 1.82) is 0 Å².